The van der Waals surface area contributed by atoms with E-state index in [1.54, 1.807) is 12.3 Å². The zero-order chi connectivity index (χ0) is 18.6. The van der Waals surface area contributed by atoms with E-state index in [4.69, 9.17) is 4.98 Å². The van der Waals surface area contributed by atoms with Gasteiger partial charge in [0.1, 0.15) is 0 Å². The SMILES string of the molecule is C=CC=Cc1ccccc1-c1nc(-c2ccc(Br)cc2)nc2ncccc12. The summed E-state index contributed by atoms with van der Waals surface area (Å²) in [5.41, 5.74) is 4.61. The number of hydrogen-bond acceptors (Lipinski definition) is 3. The summed E-state index contributed by atoms with van der Waals surface area (Å²) in [6.07, 6.45) is 7.49. The first-order valence-electron chi connectivity index (χ1n) is 8.53. The molecule has 0 radical (unpaired) electrons. The monoisotopic (exact) mass is 413 g/mol. The highest BCUT2D eigenvalue weighted by molar-refractivity contribution is 9.10. The van der Waals surface area contributed by atoms with Gasteiger partial charge < -0.3 is 0 Å². The van der Waals surface area contributed by atoms with Crippen LogP contribution in [0.2, 0.25) is 0 Å². The summed E-state index contributed by atoms with van der Waals surface area (Å²) < 4.78 is 1.02. The van der Waals surface area contributed by atoms with Crippen LogP contribution in [-0.4, -0.2) is 15.0 Å². The summed E-state index contributed by atoms with van der Waals surface area (Å²) in [5, 5.41) is 0.929. The van der Waals surface area contributed by atoms with Crippen LogP contribution in [0.3, 0.4) is 0 Å². The molecule has 4 heteroatoms. The Kier molecular flexibility index (Phi) is 4.90. The molecular weight excluding hydrogens is 398 g/mol. The maximum Gasteiger partial charge on any atom is 0.163 e. The van der Waals surface area contributed by atoms with Gasteiger partial charge in [0.2, 0.25) is 0 Å². The number of pyridine rings is 1. The summed E-state index contributed by atoms with van der Waals surface area (Å²) >= 11 is 3.47. The van der Waals surface area contributed by atoms with Gasteiger partial charge in [-0.3, -0.25) is 0 Å². The number of rotatable bonds is 4. The minimum atomic E-state index is 0.659. The second-order valence-electron chi connectivity index (χ2n) is 5.96. The molecule has 0 bridgehead atoms. The summed E-state index contributed by atoms with van der Waals surface area (Å²) in [6, 6.07) is 20.1. The number of hydrogen-bond donors (Lipinski definition) is 0. The van der Waals surface area contributed by atoms with E-state index < -0.39 is 0 Å². The van der Waals surface area contributed by atoms with Crippen molar-refractivity contribution in [2.45, 2.75) is 0 Å². The third kappa shape index (κ3) is 3.57. The van der Waals surface area contributed by atoms with E-state index in [2.05, 4.69) is 44.6 Å². The van der Waals surface area contributed by atoms with Crippen molar-refractivity contribution in [3.63, 3.8) is 0 Å². The van der Waals surface area contributed by atoms with Crippen molar-refractivity contribution >= 4 is 33.0 Å². The fraction of sp³-hybridized carbons (Fsp3) is 0. The van der Waals surface area contributed by atoms with E-state index in [9.17, 15) is 0 Å². The van der Waals surface area contributed by atoms with Gasteiger partial charge in [-0.25, -0.2) is 15.0 Å². The molecule has 0 spiro atoms. The molecule has 0 fully saturated rings. The van der Waals surface area contributed by atoms with Gasteiger partial charge in [-0.1, -0.05) is 77.1 Å². The molecule has 0 saturated carbocycles. The van der Waals surface area contributed by atoms with Crippen LogP contribution in [0.15, 0.2) is 90.1 Å². The summed E-state index contributed by atoms with van der Waals surface area (Å²) in [5.74, 6) is 0.659. The van der Waals surface area contributed by atoms with Crippen LogP contribution >= 0.6 is 15.9 Å². The topological polar surface area (TPSA) is 38.7 Å². The molecule has 0 unspecified atom stereocenters. The lowest BCUT2D eigenvalue weighted by molar-refractivity contribution is 1.19. The van der Waals surface area contributed by atoms with Crippen molar-refractivity contribution in [2.75, 3.05) is 0 Å². The molecule has 2 aromatic carbocycles. The molecule has 3 nitrogen and oxygen atoms in total. The van der Waals surface area contributed by atoms with Gasteiger partial charge in [0.05, 0.1) is 5.69 Å². The molecule has 0 atom stereocenters. The Labute approximate surface area is 166 Å². The summed E-state index contributed by atoms with van der Waals surface area (Å²) in [4.78, 5) is 14.1. The Morgan fingerprint density at radius 3 is 2.52 bits per heavy atom. The Morgan fingerprint density at radius 2 is 1.70 bits per heavy atom. The van der Waals surface area contributed by atoms with Crippen molar-refractivity contribution in [3.8, 4) is 22.6 Å². The van der Waals surface area contributed by atoms with Crippen molar-refractivity contribution in [1.82, 2.24) is 15.0 Å². The van der Waals surface area contributed by atoms with Crippen LogP contribution in [-0.2, 0) is 0 Å². The van der Waals surface area contributed by atoms with E-state index in [1.165, 1.54) is 0 Å². The second-order valence-corrected chi connectivity index (χ2v) is 6.88. The van der Waals surface area contributed by atoms with Crippen LogP contribution < -0.4 is 0 Å². The normalized spacial score (nSPS) is 11.1. The van der Waals surface area contributed by atoms with Gasteiger partial charge in [-0.05, 0) is 29.8 Å². The lowest BCUT2D eigenvalue weighted by Crippen LogP contribution is -1.97. The molecule has 4 rings (SSSR count). The third-order valence-corrected chi connectivity index (χ3v) is 4.73. The molecule has 0 aliphatic heterocycles. The van der Waals surface area contributed by atoms with E-state index in [0.29, 0.717) is 11.5 Å². The third-order valence-electron chi connectivity index (χ3n) is 4.20. The van der Waals surface area contributed by atoms with E-state index in [0.717, 1.165) is 32.2 Å². The standard InChI is InChI=1S/C23H16BrN3/c1-2-3-7-16-8-4-5-9-19(16)21-20-10-6-15-25-23(20)27-22(26-21)17-11-13-18(24)14-12-17/h2-15H,1H2. The average molecular weight is 414 g/mol. The van der Waals surface area contributed by atoms with Crippen molar-refractivity contribution in [3.05, 3.63) is 95.6 Å². The van der Waals surface area contributed by atoms with E-state index >= 15 is 0 Å². The highest BCUT2D eigenvalue weighted by Crippen LogP contribution is 2.31. The second kappa shape index (κ2) is 7.64. The fourth-order valence-corrected chi connectivity index (χ4v) is 3.19. The first kappa shape index (κ1) is 17.3. The lowest BCUT2D eigenvalue weighted by Gasteiger charge is -2.11. The average Bonchev–Trinajstić information content (AvgIpc) is 2.72. The summed E-state index contributed by atoms with van der Waals surface area (Å²) in [6.45, 7) is 3.76. The van der Waals surface area contributed by atoms with Crippen molar-refractivity contribution < 1.29 is 0 Å². The van der Waals surface area contributed by atoms with E-state index in [-0.39, 0.29) is 0 Å². The number of aromatic nitrogens is 3. The predicted molar refractivity (Wildman–Crippen MR) is 115 cm³/mol. The first-order chi connectivity index (χ1) is 13.3. The van der Waals surface area contributed by atoms with Gasteiger partial charge >= 0.3 is 0 Å². The van der Waals surface area contributed by atoms with Crippen molar-refractivity contribution in [2.24, 2.45) is 0 Å². The van der Waals surface area contributed by atoms with Crippen LogP contribution in [0.5, 0.6) is 0 Å². The van der Waals surface area contributed by atoms with Crippen LogP contribution in [0.4, 0.5) is 0 Å². The molecule has 0 saturated heterocycles. The smallest absolute Gasteiger partial charge is 0.163 e. The molecule has 0 N–H and O–H groups in total. The number of allylic oxidation sites excluding steroid dienone is 2. The van der Waals surface area contributed by atoms with Crippen LogP contribution in [0.1, 0.15) is 5.56 Å². The van der Waals surface area contributed by atoms with Crippen molar-refractivity contribution in [1.29, 1.82) is 0 Å². The Morgan fingerprint density at radius 1 is 0.889 bits per heavy atom. The zero-order valence-corrected chi connectivity index (χ0v) is 16.1. The minimum Gasteiger partial charge on any atom is -0.236 e. The van der Waals surface area contributed by atoms with Gasteiger partial charge in [0.15, 0.2) is 11.5 Å². The molecule has 130 valence electrons. The number of benzene rings is 2. The molecule has 2 heterocycles. The minimum absolute atomic E-state index is 0.659. The highest BCUT2D eigenvalue weighted by Gasteiger charge is 2.13. The fourth-order valence-electron chi connectivity index (χ4n) is 2.93. The Balaban J connectivity index is 1.99. The molecule has 0 aliphatic carbocycles. The largest absolute Gasteiger partial charge is 0.236 e. The molecule has 4 aromatic rings. The van der Waals surface area contributed by atoms with Crippen LogP contribution in [0.25, 0.3) is 39.8 Å². The highest BCUT2D eigenvalue weighted by atomic mass is 79.9. The molecule has 0 amide bonds. The van der Waals surface area contributed by atoms with Gasteiger partial charge in [0, 0.05) is 27.2 Å². The van der Waals surface area contributed by atoms with Gasteiger partial charge in [-0.2, -0.15) is 0 Å². The van der Waals surface area contributed by atoms with Gasteiger partial charge in [-0.15, -0.1) is 0 Å². The number of nitrogens with zero attached hydrogens (tertiary/aromatic N) is 3. The summed E-state index contributed by atoms with van der Waals surface area (Å²) in [7, 11) is 0. The van der Waals surface area contributed by atoms with E-state index in [1.807, 2.05) is 60.7 Å². The van der Waals surface area contributed by atoms with Crippen LogP contribution in [0, 0.1) is 0 Å². The zero-order valence-electron chi connectivity index (χ0n) is 14.5. The number of halogens is 1. The first-order valence-corrected chi connectivity index (χ1v) is 9.33. The predicted octanol–water partition coefficient (Wildman–Crippen LogP) is 6.32. The maximum atomic E-state index is 4.91. The number of fused-ring (bicyclic) bond motifs is 1. The molecular formula is C23H16BrN3. The molecule has 27 heavy (non-hydrogen) atoms. The molecule has 2 aromatic heterocycles. The Bertz CT molecular complexity index is 1150. The lowest BCUT2D eigenvalue weighted by atomic mass is 10.0. The van der Waals surface area contributed by atoms with Gasteiger partial charge in [0.25, 0.3) is 0 Å². The molecule has 0 aliphatic rings. The Hall–Kier alpha value is -3.11. The maximum absolute atomic E-state index is 4.91. The quantitative estimate of drug-likeness (QED) is 0.367.